The predicted molar refractivity (Wildman–Crippen MR) is 132 cm³/mol. The standard InChI is InChI=1S/C24H21AsN4O5S/c30-22(31)14-21(17-2-1-11-26-15-17)35(33,34)20-9-5-18(6-10-20)25-23(32)16-3-7-19(8-4-16)29-24-27-12-13-28-24/h1-13,15,21,25H,14H2,(H,30,31)(H2,27,28,29). The van der Waals surface area contributed by atoms with Crippen molar-refractivity contribution in [2.75, 3.05) is 5.32 Å². The zero-order valence-corrected chi connectivity index (χ0v) is 21.2. The molecule has 0 spiro atoms. The molecule has 0 aliphatic carbocycles. The minimum atomic E-state index is -3.98. The fourth-order valence-corrected chi connectivity index (χ4v) is 7.01. The van der Waals surface area contributed by atoms with E-state index in [-0.39, 0.29) is 9.47 Å². The number of pyridine rings is 1. The summed E-state index contributed by atoms with van der Waals surface area (Å²) in [5.41, 5.74) is 1.67. The van der Waals surface area contributed by atoms with E-state index >= 15 is 0 Å². The first kappa shape index (κ1) is 24.4. The summed E-state index contributed by atoms with van der Waals surface area (Å²) in [7, 11) is -3.98. The Bertz CT molecular complexity index is 1410. The van der Waals surface area contributed by atoms with Crippen molar-refractivity contribution in [3.63, 3.8) is 0 Å². The van der Waals surface area contributed by atoms with Crippen LogP contribution in [0.4, 0.5) is 11.6 Å². The Morgan fingerprint density at radius 3 is 2.37 bits per heavy atom. The normalized spacial score (nSPS) is 12.5. The van der Waals surface area contributed by atoms with Gasteiger partial charge < -0.3 is 0 Å². The van der Waals surface area contributed by atoms with Crippen molar-refractivity contribution < 1.29 is 23.1 Å². The molecule has 0 bridgehead atoms. The average molecular weight is 552 g/mol. The van der Waals surface area contributed by atoms with Gasteiger partial charge in [-0.15, -0.1) is 0 Å². The van der Waals surface area contributed by atoms with Crippen LogP contribution >= 0.6 is 0 Å². The molecule has 0 aliphatic heterocycles. The number of benzene rings is 2. The van der Waals surface area contributed by atoms with Crippen LogP contribution in [0.15, 0.2) is 90.3 Å². The molecule has 0 saturated carbocycles. The summed E-state index contributed by atoms with van der Waals surface area (Å²) >= 11 is -1.22. The van der Waals surface area contributed by atoms with Crippen molar-refractivity contribution in [1.29, 1.82) is 0 Å². The summed E-state index contributed by atoms with van der Waals surface area (Å²) in [4.78, 5) is 35.1. The number of hydrogen-bond donors (Lipinski definition) is 3. The SMILES string of the molecule is O=C(O)CC(c1cccnc1)S(=O)(=O)c1ccc([AsH]C(=O)c2ccc(Nc3ncc[nH]3)cc2)cc1. The maximum absolute atomic E-state index is 13.2. The number of nitrogens with zero attached hydrogens (tertiary/aromatic N) is 2. The van der Waals surface area contributed by atoms with Crippen LogP contribution in [-0.2, 0) is 14.6 Å². The van der Waals surface area contributed by atoms with E-state index in [2.05, 4.69) is 20.3 Å². The number of sulfone groups is 1. The van der Waals surface area contributed by atoms with Gasteiger partial charge in [-0.1, -0.05) is 0 Å². The van der Waals surface area contributed by atoms with Crippen LogP contribution in [-0.4, -0.2) is 54.8 Å². The second kappa shape index (κ2) is 10.7. The summed E-state index contributed by atoms with van der Waals surface area (Å²) in [6, 6.07) is 16.3. The van der Waals surface area contributed by atoms with E-state index in [1.807, 2.05) is 0 Å². The summed E-state index contributed by atoms with van der Waals surface area (Å²) in [5.74, 6) is -0.622. The summed E-state index contributed by atoms with van der Waals surface area (Å²) in [6.45, 7) is 0. The Hall–Kier alpha value is -3.75. The van der Waals surface area contributed by atoms with Gasteiger partial charge in [-0.25, -0.2) is 0 Å². The third-order valence-electron chi connectivity index (χ3n) is 5.14. The van der Waals surface area contributed by atoms with Crippen LogP contribution in [0, 0.1) is 0 Å². The van der Waals surface area contributed by atoms with Gasteiger partial charge in [0.25, 0.3) is 0 Å². The number of nitrogens with one attached hydrogen (secondary N) is 2. The molecule has 2 heterocycles. The molecular weight excluding hydrogens is 531 g/mol. The molecule has 0 fully saturated rings. The van der Waals surface area contributed by atoms with Crippen molar-refractivity contribution in [1.82, 2.24) is 15.0 Å². The van der Waals surface area contributed by atoms with Crippen molar-refractivity contribution >= 4 is 52.1 Å². The number of rotatable bonds is 10. The third-order valence-corrected chi connectivity index (χ3v) is 9.64. The van der Waals surface area contributed by atoms with Gasteiger partial charge in [0.15, 0.2) is 0 Å². The Labute approximate surface area is 208 Å². The second-order valence-electron chi connectivity index (χ2n) is 7.54. The summed E-state index contributed by atoms with van der Waals surface area (Å²) in [6.07, 6.45) is 5.61. The molecular formula is C24H21AsN4O5S. The number of anilines is 2. The fraction of sp³-hybridized carbons (Fsp3) is 0.0833. The molecule has 3 N–H and O–H groups in total. The maximum atomic E-state index is 13.2. The van der Waals surface area contributed by atoms with E-state index in [0.29, 0.717) is 17.1 Å². The number of carbonyl (C=O) groups excluding carboxylic acids is 1. The van der Waals surface area contributed by atoms with Gasteiger partial charge in [0.2, 0.25) is 0 Å². The molecule has 0 radical (unpaired) electrons. The molecule has 9 nitrogen and oxygen atoms in total. The van der Waals surface area contributed by atoms with Crippen molar-refractivity contribution in [3.05, 3.63) is 96.6 Å². The van der Waals surface area contributed by atoms with Gasteiger partial charge in [-0.3, -0.25) is 0 Å². The molecule has 0 saturated heterocycles. The molecule has 0 amide bonds. The minimum absolute atomic E-state index is 0.00348. The number of carbonyl (C=O) groups is 2. The number of imidazole rings is 1. The van der Waals surface area contributed by atoms with Gasteiger partial charge in [0.05, 0.1) is 0 Å². The van der Waals surface area contributed by atoms with Gasteiger partial charge >= 0.3 is 209 Å². The number of hydrogen-bond acceptors (Lipinski definition) is 7. The van der Waals surface area contributed by atoms with Gasteiger partial charge in [-0.2, -0.15) is 0 Å². The number of aliphatic carboxylic acids is 1. The number of carboxylic acid groups (broad SMARTS) is 1. The molecule has 35 heavy (non-hydrogen) atoms. The van der Waals surface area contributed by atoms with E-state index in [0.717, 1.165) is 10.0 Å². The van der Waals surface area contributed by atoms with Crippen LogP contribution in [0.25, 0.3) is 0 Å². The topological polar surface area (TPSA) is 142 Å². The monoisotopic (exact) mass is 552 g/mol. The van der Waals surface area contributed by atoms with E-state index < -0.39 is 43.2 Å². The van der Waals surface area contributed by atoms with Crippen molar-refractivity contribution in [2.24, 2.45) is 0 Å². The zero-order chi connectivity index (χ0) is 24.8. The van der Waals surface area contributed by atoms with Crippen molar-refractivity contribution in [3.8, 4) is 0 Å². The van der Waals surface area contributed by atoms with E-state index in [4.69, 9.17) is 0 Å². The fourth-order valence-electron chi connectivity index (χ4n) is 3.40. The molecule has 4 rings (SSSR count). The first-order valence-corrected chi connectivity index (χ1v) is 14.1. The summed E-state index contributed by atoms with van der Waals surface area (Å²) in [5, 5.41) is 11.1. The van der Waals surface area contributed by atoms with E-state index in [1.54, 1.807) is 60.9 Å². The van der Waals surface area contributed by atoms with Crippen molar-refractivity contribution in [2.45, 2.75) is 16.6 Å². The molecule has 178 valence electrons. The number of H-pyrrole nitrogens is 1. The third kappa shape index (κ3) is 6.03. The molecule has 11 heteroatoms. The van der Waals surface area contributed by atoms with Gasteiger partial charge in [0, 0.05) is 0 Å². The first-order chi connectivity index (χ1) is 16.8. The number of aromatic amines is 1. The molecule has 2 aromatic carbocycles. The Morgan fingerprint density at radius 1 is 1.03 bits per heavy atom. The van der Waals surface area contributed by atoms with Crippen LogP contribution in [0.3, 0.4) is 0 Å². The first-order valence-electron chi connectivity index (χ1n) is 10.5. The molecule has 4 aromatic rings. The zero-order valence-electron chi connectivity index (χ0n) is 18.3. The van der Waals surface area contributed by atoms with Crippen LogP contribution < -0.4 is 9.67 Å². The molecule has 2 unspecified atom stereocenters. The van der Waals surface area contributed by atoms with Gasteiger partial charge in [-0.05, 0) is 0 Å². The van der Waals surface area contributed by atoms with Gasteiger partial charge in [0.1, 0.15) is 0 Å². The van der Waals surface area contributed by atoms with Crippen LogP contribution in [0.1, 0.15) is 27.6 Å². The number of aromatic nitrogens is 3. The molecule has 2 aromatic heterocycles. The quantitative estimate of drug-likeness (QED) is 0.255. The molecule has 0 aliphatic rings. The number of carboxylic acids is 1. The van der Waals surface area contributed by atoms with E-state index in [1.165, 1.54) is 24.5 Å². The molecule has 2 atom stereocenters. The predicted octanol–water partition coefficient (Wildman–Crippen LogP) is 2.44. The Kier molecular flexibility index (Phi) is 7.43. The van der Waals surface area contributed by atoms with Crippen LogP contribution in [0.5, 0.6) is 0 Å². The van der Waals surface area contributed by atoms with Crippen LogP contribution in [0.2, 0.25) is 0 Å². The Balaban J connectivity index is 1.47. The summed E-state index contributed by atoms with van der Waals surface area (Å²) < 4.78 is 27.2. The average Bonchev–Trinajstić information content (AvgIpc) is 3.37. The Morgan fingerprint density at radius 2 is 1.77 bits per heavy atom. The van der Waals surface area contributed by atoms with E-state index in [9.17, 15) is 23.1 Å². The second-order valence-corrected chi connectivity index (χ2v) is 12.4.